The normalized spacial score (nSPS) is 19.2. The Morgan fingerprint density at radius 1 is 1.24 bits per heavy atom. The van der Waals surface area contributed by atoms with E-state index in [4.69, 9.17) is 9.84 Å². The summed E-state index contributed by atoms with van der Waals surface area (Å²) in [6, 6.07) is 9.31. The van der Waals surface area contributed by atoms with E-state index in [-0.39, 0.29) is 17.5 Å². The number of fused-ring (bicyclic) bond motifs is 2. The van der Waals surface area contributed by atoms with Crippen molar-refractivity contribution in [3.63, 3.8) is 0 Å². The molecule has 1 unspecified atom stereocenters. The van der Waals surface area contributed by atoms with E-state index in [0.717, 1.165) is 16.3 Å². The Hall–Kier alpha value is -3.17. The number of hydrogen-bond donors (Lipinski definition) is 2. The lowest BCUT2D eigenvalue weighted by Gasteiger charge is -2.21. The first-order valence-electron chi connectivity index (χ1n) is 10.5. The maximum Gasteiger partial charge on any atom is 0.295 e. The number of halogens is 2. The lowest BCUT2D eigenvalue weighted by molar-refractivity contribution is -0.137. The molecule has 1 aliphatic heterocycles. The summed E-state index contributed by atoms with van der Waals surface area (Å²) < 4.78 is 33.5. The van der Waals surface area contributed by atoms with Crippen molar-refractivity contribution < 1.29 is 23.4 Å². The van der Waals surface area contributed by atoms with Crippen LogP contribution in [0.4, 0.5) is 20.3 Å². The number of anilines is 2. The van der Waals surface area contributed by atoms with Crippen molar-refractivity contribution in [3.8, 4) is 0 Å². The van der Waals surface area contributed by atoms with Crippen LogP contribution in [0.5, 0.6) is 0 Å². The van der Waals surface area contributed by atoms with Gasteiger partial charge in [0.1, 0.15) is 6.61 Å². The lowest BCUT2D eigenvalue weighted by atomic mass is 9.94. The minimum atomic E-state index is -3.32. The molecule has 0 saturated heterocycles. The molecule has 4 rings (SSSR count). The molecule has 1 amide bonds. The Morgan fingerprint density at radius 2 is 1.97 bits per heavy atom. The predicted molar refractivity (Wildman–Crippen MR) is 122 cm³/mol. The molecule has 2 atom stereocenters. The summed E-state index contributed by atoms with van der Waals surface area (Å²) in [7, 11) is 3.20. The second-order valence-corrected chi connectivity index (χ2v) is 8.50. The van der Waals surface area contributed by atoms with Gasteiger partial charge in [-0.1, -0.05) is 18.2 Å². The third-order valence-corrected chi connectivity index (χ3v) is 6.44. The van der Waals surface area contributed by atoms with E-state index in [0.29, 0.717) is 22.8 Å². The van der Waals surface area contributed by atoms with Gasteiger partial charge in [-0.2, -0.15) is 13.9 Å². The van der Waals surface area contributed by atoms with Crippen molar-refractivity contribution in [2.75, 3.05) is 31.0 Å². The first kappa shape index (κ1) is 23.0. The number of carbonyl (C=O) groups excluding carboxylic acids is 1. The molecule has 0 bridgehead atoms. The number of nitrogens with one attached hydrogen (secondary N) is 1. The number of benzene rings is 2. The second kappa shape index (κ2) is 8.00. The number of amides is 1. The number of rotatable bonds is 6. The fourth-order valence-corrected chi connectivity index (χ4v) is 4.24. The SMILES string of the molecule is COC1(C)C(=O)N(C)c2cc3c(N[C@H](C)c4cccc(C(F)(F)CO)c4)nnc(C)c3cc21. The smallest absolute Gasteiger partial charge is 0.295 e. The summed E-state index contributed by atoms with van der Waals surface area (Å²) in [4.78, 5) is 14.4. The number of ether oxygens (including phenoxy) is 1. The van der Waals surface area contributed by atoms with Gasteiger partial charge < -0.3 is 20.1 Å². The van der Waals surface area contributed by atoms with Gasteiger partial charge in [-0.15, -0.1) is 5.10 Å². The number of aryl methyl sites for hydroxylation is 1. The minimum absolute atomic E-state index is 0.168. The fraction of sp³-hybridized carbons (Fsp3) is 0.375. The molecule has 0 aliphatic carbocycles. The highest BCUT2D eigenvalue weighted by atomic mass is 19.3. The highest BCUT2D eigenvalue weighted by molar-refractivity contribution is 6.10. The van der Waals surface area contributed by atoms with E-state index in [1.165, 1.54) is 25.3 Å². The van der Waals surface area contributed by atoms with Crippen molar-refractivity contribution in [1.82, 2.24) is 10.2 Å². The summed E-state index contributed by atoms with van der Waals surface area (Å²) in [6.45, 7) is 4.14. The summed E-state index contributed by atoms with van der Waals surface area (Å²) >= 11 is 0. The zero-order valence-corrected chi connectivity index (χ0v) is 19.1. The standard InChI is InChI=1S/C24H26F2N4O3/c1-13(15-7-6-8-16(9-15)24(25,26)12-31)27-21-18-11-20-19(10-17(18)14(2)28-29-21)23(3,33-5)22(32)30(20)4/h6-11,13,31H,12H2,1-5H3,(H,27,29)/t13-,23?/m1/s1. The van der Waals surface area contributed by atoms with Crippen molar-refractivity contribution in [1.29, 1.82) is 0 Å². The van der Waals surface area contributed by atoms with E-state index in [9.17, 15) is 13.6 Å². The Bertz CT molecular complexity index is 1250. The zero-order chi connectivity index (χ0) is 24.1. The molecule has 3 aromatic rings. The number of methoxy groups -OCH3 is 1. The fourth-order valence-electron chi connectivity index (χ4n) is 4.24. The van der Waals surface area contributed by atoms with Gasteiger partial charge in [0, 0.05) is 36.1 Å². The van der Waals surface area contributed by atoms with E-state index in [2.05, 4.69) is 15.5 Å². The Morgan fingerprint density at radius 3 is 2.64 bits per heavy atom. The molecule has 0 fully saturated rings. The number of aliphatic hydroxyl groups excluding tert-OH is 1. The van der Waals surface area contributed by atoms with Crippen LogP contribution in [0.15, 0.2) is 36.4 Å². The van der Waals surface area contributed by atoms with Gasteiger partial charge >= 0.3 is 0 Å². The number of nitrogens with zero attached hydrogens (tertiary/aromatic N) is 3. The molecular weight excluding hydrogens is 430 g/mol. The molecule has 2 aromatic carbocycles. The van der Waals surface area contributed by atoms with E-state index in [1.54, 1.807) is 24.9 Å². The molecule has 0 saturated carbocycles. The van der Waals surface area contributed by atoms with Crippen LogP contribution in [-0.2, 0) is 21.1 Å². The molecule has 0 radical (unpaired) electrons. The monoisotopic (exact) mass is 456 g/mol. The molecule has 7 nitrogen and oxygen atoms in total. The van der Waals surface area contributed by atoms with Gasteiger partial charge in [-0.05, 0) is 44.5 Å². The van der Waals surface area contributed by atoms with Gasteiger partial charge in [0.25, 0.3) is 11.8 Å². The molecule has 2 heterocycles. The molecule has 1 aromatic heterocycles. The molecule has 174 valence electrons. The van der Waals surface area contributed by atoms with Crippen LogP contribution in [0.25, 0.3) is 10.8 Å². The van der Waals surface area contributed by atoms with Crippen LogP contribution >= 0.6 is 0 Å². The summed E-state index contributed by atoms with van der Waals surface area (Å²) in [5.74, 6) is -3.02. The highest BCUT2D eigenvalue weighted by Crippen LogP contribution is 2.45. The summed E-state index contributed by atoms with van der Waals surface area (Å²) in [6.07, 6.45) is 0. The Kier molecular flexibility index (Phi) is 5.58. The van der Waals surface area contributed by atoms with Gasteiger partial charge in [0.2, 0.25) is 0 Å². The van der Waals surface area contributed by atoms with E-state index < -0.39 is 18.1 Å². The molecular formula is C24H26F2N4O3. The largest absolute Gasteiger partial charge is 0.390 e. The number of alkyl halides is 2. The minimum Gasteiger partial charge on any atom is -0.390 e. The number of carbonyl (C=O) groups is 1. The number of hydrogen-bond acceptors (Lipinski definition) is 6. The topological polar surface area (TPSA) is 87.6 Å². The van der Waals surface area contributed by atoms with Gasteiger partial charge in [0.05, 0.1) is 17.4 Å². The second-order valence-electron chi connectivity index (χ2n) is 8.50. The third kappa shape index (κ3) is 3.61. The third-order valence-electron chi connectivity index (χ3n) is 6.44. The molecule has 33 heavy (non-hydrogen) atoms. The van der Waals surface area contributed by atoms with Crippen molar-refractivity contribution in [3.05, 3.63) is 58.8 Å². The highest BCUT2D eigenvalue weighted by Gasteiger charge is 2.47. The van der Waals surface area contributed by atoms with Crippen LogP contribution < -0.4 is 10.2 Å². The number of aromatic nitrogens is 2. The summed E-state index contributed by atoms with van der Waals surface area (Å²) in [5, 5.41) is 22.4. The molecule has 0 spiro atoms. The Balaban J connectivity index is 1.77. The molecule has 2 N–H and O–H groups in total. The van der Waals surface area contributed by atoms with Gasteiger partial charge in [-0.3, -0.25) is 4.79 Å². The number of likely N-dealkylation sites (N-methyl/N-ethyl adjacent to an activating group) is 1. The van der Waals surface area contributed by atoms with Crippen LogP contribution in [0, 0.1) is 6.92 Å². The quantitative estimate of drug-likeness (QED) is 0.582. The first-order chi connectivity index (χ1) is 15.5. The van der Waals surface area contributed by atoms with Crippen LogP contribution in [0.1, 0.15) is 42.3 Å². The van der Waals surface area contributed by atoms with E-state index in [1.807, 2.05) is 26.0 Å². The molecule has 9 heteroatoms. The van der Waals surface area contributed by atoms with Gasteiger partial charge in [-0.25, -0.2) is 0 Å². The summed E-state index contributed by atoms with van der Waals surface area (Å²) in [5.41, 5.74) is 1.41. The van der Waals surface area contributed by atoms with Gasteiger partial charge in [0.15, 0.2) is 11.4 Å². The zero-order valence-electron chi connectivity index (χ0n) is 19.1. The average Bonchev–Trinajstić information content (AvgIpc) is 3.01. The van der Waals surface area contributed by atoms with Crippen LogP contribution in [0.2, 0.25) is 0 Å². The van der Waals surface area contributed by atoms with Crippen molar-refractivity contribution in [2.45, 2.75) is 38.3 Å². The maximum atomic E-state index is 14.0. The maximum absolute atomic E-state index is 14.0. The van der Waals surface area contributed by atoms with Crippen LogP contribution in [0.3, 0.4) is 0 Å². The first-order valence-corrected chi connectivity index (χ1v) is 10.5. The van der Waals surface area contributed by atoms with Crippen LogP contribution in [-0.4, -0.2) is 42.0 Å². The number of aliphatic hydroxyl groups is 1. The van der Waals surface area contributed by atoms with Crippen molar-refractivity contribution in [2.24, 2.45) is 0 Å². The average molecular weight is 456 g/mol. The lowest BCUT2D eigenvalue weighted by Crippen LogP contribution is -2.37. The van der Waals surface area contributed by atoms with E-state index >= 15 is 0 Å². The Labute approximate surface area is 190 Å². The van der Waals surface area contributed by atoms with Crippen molar-refractivity contribution >= 4 is 28.2 Å². The predicted octanol–water partition coefficient (Wildman–Crippen LogP) is 4.03. The molecule has 1 aliphatic rings.